The number of thiazole rings is 1. The van der Waals surface area contributed by atoms with Crippen molar-refractivity contribution in [2.75, 3.05) is 0 Å². The fourth-order valence-electron chi connectivity index (χ4n) is 3.31. The molecule has 0 aliphatic rings. The number of halogens is 2. The highest BCUT2D eigenvalue weighted by Gasteiger charge is 2.18. The number of aryl methyl sites for hydroxylation is 2. The van der Waals surface area contributed by atoms with Crippen LogP contribution in [0, 0.1) is 13.8 Å². The summed E-state index contributed by atoms with van der Waals surface area (Å²) in [6, 6.07) is 9.28. The number of pyridine rings is 1. The minimum atomic E-state index is -0.477. The van der Waals surface area contributed by atoms with E-state index in [9.17, 15) is 14.4 Å². The average Bonchev–Trinajstić information content (AvgIpc) is 3.22. The Morgan fingerprint density at radius 2 is 1.88 bits per heavy atom. The van der Waals surface area contributed by atoms with Gasteiger partial charge in [0.15, 0.2) is 0 Å². The van der Waals surface area contributed by atoms with E-state index in [1.165, 1.54) is 15.2 Å². The van der Waals surface area contributed by atoms with Gasteiger partial charge in [-0.1, -0.05) is 6.07 Å². The predicted octanol–water partition coefficient (Wildman–Crippen LogP) is 4.04. The molecule has 0 radical (unpaired) electrons. The molecule has 4 aromatic rings. The highest BCUT2D eigenvalue weighted by atomic mass is 79.9. The molecule has 0 saturated carbocycles. The van der Waals surface area contributed by atoms with E-state index in [2.05, 4.69) is 42.2 Å². The molecule has 32 heavy (non-hydrogen) atoms. The van der Waals surface area contributed by atoms with Crippen molar-refractivity contribution in [2.45, 2.75) is 26.9 Å². The first-order chi connectivity index (χ1) is 15.2. The Labute approximate surface area is 204 Å². The largest absolute Gasteiger partial charge is 0.347 e. The van der Waals surface area contributed by atoms with E-state index < -0.39 is 5.69 Å². The molecule has 1 amide bonds. The number of carbonyl (C=O) groups excluding carboxylic acids is 1. The van der Waals surface area contributed by atoms with Crippen LogP contribution >= 0.6 is 43.2 Å². The molecule has 10 heteroatoms. The normalized spacial score (nSPS) is 11.1. The topological polar surface area (TPSA) is 85.5 Å². The van der Waals surface area contributed by atoms with Gasteiger partial charge >= 0.3 is 5.69 Å². The van der Waals surface area contributed by atoms with Gasteiger partial charge in [-0.2, -0.15) is 0 Å². The summed E-state index contributed by atoms with van der Waals surface area (Å²) in [7, 11) is 0. The lowest BCUT2D eigenvalue weighted by atomic mass is 10.2. The van der Waals surface area contributed by atoms with Crippen LogP contribution in [0.3, 0.4) is 0 Å². The molecular formula is C22H18Br2N4O3S. The van der Waals surface area contributed by atoms with Crippen LogP contribution in [0.25, 0.3) is 4.83 Å². The number of amides is 1. The van der Waals surface area contributed by atoms with Crippen LogP contribution in [0.5, 0.6) is 0 Å². The van der Waals surface area contributed by atoms with Gasteiger partial charge in [-0.3, -0.25) is 23.5 Å². The van der Waals surface area contributed by atoms with E-state index in [1.807, 2.05) is 37.3 Å². The standard InChI is InChI=1S/C22H18Br2N4O3S/c1-12-7-14(5-6-25-12)9-26-19(29)18-11-28-21(32-18)13(2)20(30)27(22(28)31)10-15-3-4-16(23)17(24)8-15/h3-8,11H,9-10H2,1-2H3,(H,26,29). The monoisotopic (exact) mass is 576 g/mol. The van der Waals surface area contributed by atoms with Crippen molar-refractivity contribution in [1.29, 1.82) is 0 Å². The summed E-state index contributed by atoms with van der Waals surface area (Å²) in [6.07, 6.45) is 3.19. The van der Waals surface area contributed by atoms with Gasteiger partial charge in [0.25, 0.3) is 11.5 Å². The molecule has 164 valence electrons. The van der Waals surface area contributed by atoms with Gasteiger partial charge in [-0.05, 0) is 81.1 Å². The molecule has 1 N–H and O–H groups in total. The molecule has 0 bridgehead atoms. The molecule has 7 nitrogen and oxygen atoms in total. The molecule has 0 saturated heterocycles. The van der Waals surface area contributed by atoms with Crippen molar-refractivity contribution < 1.29 is 4.79 Å². The Hall–Kier alpha value is -2.56. The predicted molar refractivity (Wildman–Crippen MR) is 132 cm³/mol. The van der Waals surface area contributed by atoms with Crippen LogP contribution in [0.15, 0.2) is 61.3 Å². The quantitative estimate of drug-likeness (QED) is 0.388. The molecule has 0 spiro atoms. The molecule has 0 unspecified atom stereocenters. The molecule has 0 aliphatic carbocycles. The van der Waals surface area contributed by atoms with Crippen molar-refractivity contribution in [3.05, 3.63) is 99.8 Å². The maximum Gasteiger partial charge on any atom is 0.336 e. The van der Waals surface area contributed by atoms with Crippen molar-refractivity contribution in [3.63, 3.8) is 0 Å². The van der Waals surface area contributed by atoms with Crippen LogP contribution in [0.2, 0.25) is 0 Å². The van der Waals surface area contributed by atoms with E-state index in [-0.39, 0.29) is 18.0 Å². The third-order valence-electron chi connectivity index (χ3n) is 4.96. The van der Waals surface area contributed by atoms with Gasteiger partial charge in [-0.15, -0.1) is 11.3 Å². The number of fused-ring (bicyclic) bond motifs is 1. The average molecular weight is 578 g/mol. The lowest BCUT2D eigenvalue weighted by Crippen LogP contribution is -2.38. The van der Waals surface area contributed by atoms with Crippen molar-refractivity contribution in [3.8, 4) is 0 Å². The number of benzene rings is 1. The Balaban J connectivity index is 1.66. The summed E-state index contributed by atoms with van der Waals surface area (Å²) in [5.41, 5.74) is 2.19. The molecule has 4 rings (SSSR count). The van der Waals surface area contributed by atoms with Crippen molar-refractivity contribution in [1.82, 2.24) is 19.3 Å². The van der Waals surface area contributed by atoms with Gasteiger partial charge in [0, 0.05) is 39.1 Å². The molecule has 3 aromatic heterocycles. The van der Waals surface area contributed by atoms with E-state index in [1.54, 1.807) is 13.1 Å². The molecule has 3 heterocycles. The van der Waals surface area contributed by atoms with E-state index in [4.69, 9.17) is 0 Å². The van der Waals surface area contributed by atoms with Gasteiger partial charge < -0.3 is 5.32 Å². The summed E-state index contributed by atoms with van der Waals surface area (Å²) in [6.45, 7) is 4.03. The van der Waals surface area contributed by atoms with E-state index in [0.29, 0.717) is 21.8 Å². The third-order valence-corrected chi connectivity index (χ3v) is 8.04. The van der Waals surface area contributed by atoms with Crippen LogP contribution in [0.1, 0.15) is 32.1 Å². The maximum absolute atomic E-state index is 13.1. The highest BCUT2D eigenvalue weighted by molar-refractivity contribution is 9.13. The summed E-state index contributed by atoms with van der Waals surface area (Å²) in [5.74, 6) is -0.303. The molecule has 0 aliphatic heterocycles. The van der Waals surface area contributed by atoms with Gasteiger partial charge in [0.1, 0.15) is 9.71 Å². The van der Waals surface area contributed by atoms with Crippen LogP contribution in [0.4, 0.5) is 0 Å². The summed E-state index contributed by atoms with van der Waals surface area (Å²) >= 11 is 7.99. The summed E-state index contributed by atoms with van der Waals surface area (Å²) in [5, 5.41) is 2.86. The number of hydrogen-bond acceptors (Lipinski definition) is 5. The lowest BCUT2D eigenvalue weighted by Gasteiger charge is -2.08. The molecular weight excluding hydrogens is 560 g/mol. The third kappa shape index (κ3) is 4.48. The lowest BCUT2D eigenvalue weighted by molar-refractivity contribution is 0.0954. The zero-order valence-corrected chi connectivity index (χ0v) is 21.2. The van der Waals surface area contributed by atoms with Crippen molar-refractivity contribution in [2.24, 2.45) is 0 Å². The van der Waals surface area contributed by atoms with Gasteiger partial charge in [0.05, 0.1) is 6.54 Å². The van der Waals surface area contributed by atoms with Gasteiger partial charge in [0.2, 0.25) is 0 Å². The van der Waals surface area contributed by atoms with Gasteiger partial charge in [-0.25, -0.2) is 4.79 Å². The zero-order valence-electron chi connectivity index (χ0n) is 17.2. The number of nitrogens with zero attached hydrogens (tertiary/aromatic N) is 3. The number of rotatable bonds is 5. The second-order valence-electron chi connectivity index (χ2n) is 7.31. The SMILES string of the molecule is Cc1cc(CNC(=O)c2cn3c(=O)n(Cc4ccc(Br)c(Br)c4)c(=O)c(C)c3s2)ccn1. The van der Waals surface area contributed by atoms with Crippen molar-refractivity contribution >= 4 is 53.9 Å². The summed E-state index contributed by atoms with van der Waals surface area (Å²) < 4.78 is 4.28. The fraction of sp³-hybridized carbons (Fsp3) is 0.182. The smallest absolute Gasteiger partial charge is 0.336 e. The second-order valence-corrected chi connectivity index (χ2v) is 10.0. The van der Waals surface area contributed by atoms with E-state index >= 15 is 0 Å². The number of carbonyl (C=O) groups is 1. The molecule has 0 fully saturated rings. The highest BCUT2D eigenvalue weighted by Crippen LogP contribution is 2.24. The first kappa shape index (κ1) is 22.6. The number of hydrogen-bond donors (Lipinski definition) is 1. The van der Waals surface area contributed by atoms with Crippen LogP contribution in [-0.4, -0.2) is 19.9 Å². The molecule has 0 atom stereocenters. The molecule has 1 aromatic carbocycles. The Kier molecular flexibility index (Phi) is 6.45. The number of nitrogens with one attached hydrogen (secondary N) is 1. The first-order valence-corrected chi connectivity index (χ1v) is 12.0. The minimum absolute atomic E-state index is 0.131. The van der Waals surface area contributed by atoms with Crippen LogP contribution < -0.4 is 16.6 Å². The Morgan fingerprint density at radius 1 is 1.09 bits per heavy atom. The second kappa shape index (κ2) is 9.13. The summed E-state index contributed by atoms with van der Waals surface area (Å²) in [4.78, 5) is 43.7. The van der Waals surface area contributed by atoms with Crippen LogP contribution in [-0.2, 0) is 13.1 Å². The zero-order chi connectivity index (χ0) is 23.0. The van der Waals surface area contributed by atoms with E-state index in [0.717, 1.165) is 37.1 Å². The first-order valence-electron chi connectivity index (χ1n) is 9.64. The minimum Gasteiger partial charge on any atom is -0.347 e. The Bertz CT molecular complexity index is 1470. The number of aromatic nitrogens is 3. The Morgan fingerprint density at radius 3 is 2.59 bits per heavy atom. The fourth-order valence-corrected chi connectivity index (χ4v) is 4.99. The maximum atomic E-state index is 13.1.